The second kappa shape index (κ2) is 6.55. The Hall–Kier alpha value is -1.91. The van der Waals surface area contributed by atoms with E-state index in [1.807, 2.05) is 18.2 Å². The number of aliphatic hydroxyl groups is 1. The Morgan fingerprint density at radius 2 is 1.79 bits per heavy atom. The Kier molecular flexibility index (Phi) is 4.60. The third kappa shape index (κ3) is 3.27. The van der Waals surface area contributed by atoms with Crippen molar-refractivity contribution in [2.45, 2.75) is 56.6 Å². The van der Waals surface area contributed by atoms with Gasteiger partial charge in [0.2, 0.25) is 0 Å². The first kappa shape index (κ1) is 20.4. The van der Waals surface area contributed by atoms with E-state index in [1.165, 1.54) is 6.07 Å². The summed E-state index contributed by atoms with van der Waals surface area (Å²) in [6, 6.07) is 6.52. The van der Waals surface area contributed by atoms with Crippen molar-refractivity contribution in [3.05, 3.63) is 65.2 Å². The van der Waals surface area contributed by atoms with Crippen LogP contribution in [0, 0.1) is 17.7 Å². The van der Waals surface area contributed by atoms with E-state index in [4.69, 9.17) is 16.3 Å². The summed E-state index contributed by atoms with van der Waals surface area (Å²) in [4.78, 5) is 12.5. The summed E-state index contributed by atoms with van der Waals surface area (Å²) in [5.41, 5.74) is -0.756. The molecule has 154 valence electrons. The van der Waals surface area contributed by atoms with E-state index in [0.717, 1.165) is 12.8 Å². The number of carbonyl (C=O) groups is 1. The third-order valence-electron chi connectivity index (χ3n) is 6.17. The van der Waals surface area contributed by atoms with Crippen LogP contribution in [0.1, 0.15) is 46.1 Å². The molecule has 0 amide bonds. The van der Waals surface area contributed by atoms with Crippen LogP contribution in [-0.4, -0.2) is 27.0 Å². The number of hydrogen-bond donors (Lipinski definition) is 1. The van der Waals surface area contributed by atoms with Crippen LogP contribution in [0.15, 0.2) is 53.8 Å². The molecule has 0 saturated heterocycles. The molecule has 3 aliphatic rings. The lowest BCUT2D eigenvalue weighted by molar-refractivity contribution is -0.163. The SMILES string of the molecule is CC1(C)OC(C)(C)C(O)=C(C2C=C(c3ccccc3F)C=CC2(Cl)C2CC2)C1=O. The fourth-order valence-corrected chi connectivity index (χ4v) is 5.01. The third-order valence-corrected chi connectivity index (χ3v) is 6.84. The largest absolute Gasteiger partial charge is 0.509 e. The van der Waals surface area contributed by atoms with Gasteiger partial charge in [-0.25, -0.2) is 4.39 Å². The van der Waals surface area contributed by atoms with E-state index in [1.54, 1.807) is 45.9 Å². The van der Waals surface area contributed by atoms with Crippen LogP contribution >= 0.6 is 11.6 Å². The molecular weight excluding hydrogens is 391 g/mol. The number of alkyl halides is 1. The van der Waals surface area contributed by atoms with Gasteiger partial charge in [-0.3, -0.25) is 4.79 Å². The molecule has 2 atom stereocenters. The lowest BCUT2D eigenvalue weighted by Crippen LogP contribution is -2.53. The minimum Gasteiger partial charge on any atom is -0.509 e. The summed E-state index contributed by atoms with van der Waals surface area (Å²) in [5, 5.41) is 11.0. The molecule has 0 bridgehead atoms. The molecule has 5 heteroatoms. The molecule has 29 heavy (non-hydrogen) atoms. The van der Waals surface area contributed by atoms with Crippen molar-refractivity contribution in [1.82, 2.24) is 0 Å². The summed E-state index contributed by atoms with van der Waals surface area (Å²) in [6.45, 7) is 6.89. The molecule has 0 radical (unpaired) electrons. The monoisotopic (exact) mass is 416 g/mol. The highest BCUT2D eigenvalue weighted by Crippen LogP contribution is 2.55. The molecule has 0 spiro atoms. The highest BCUT2D eigenvalue weighted by Gasteiger charge is 2.56. The standard InChI is InChI=1S/C24H26ClFO3/c1-22(2)20(27)19(21(28)23(3,4)29-22)17-13-14(16-7-5-6-8-18(16)26)11-12-24(17,25)15-9-10-15/h5-8,11-13,15,17,27H,9-10H2,1-4H3. The number of carbonyl (C=O) groups excluding carboxylic acids is 1. The lowest BCUT2D eigenvalue weighted by Gasteiger charge is -2.45. The van der Waals surface area contributed by atoms with Crippen LogP contribution in [0.4, 0.5) is 4.39 Å². The number of hydrogen-bond acceptors (Lipinski definition) is 3. The first-order chi connectivity index (χ1) is 13.5. The van der Waals surface area contributed by atoms with Gasteiger partial charge in [-0.05, 0) is 58.1 Å². The Morgan fingerprint density at radius 1 is 1.14 bits per heavy atom. The summed E-state index contributed by atoms with van der Waals surface area (Å²) in [7, 11) is 0. The van der Waals surface area contributed by atoms with Crippen LogP contribution in [0.3, 0.4) is 0 Å². The second-order valence-corrected chi connectivity index (χ2v) is 9.88. The zero-order chi connectivity index (χ0) is 21.2. The molecule has 1 heterocycles. The minimum atomic E-state index is -1.10. The number of ketones is 1. The molecular formula is C24H26ClFO3. The molecule has 4 rings (SSSR count). The first-order valence-electron chi connectivity index (χ1n) is 10.0. The van der Waals surface area contributed by atoms with Gasteiger partial charge in [0.15, 0.2) is 5.78 Å². The van der Waals surface area contributed by atoms with Gasteiger partial charge in [0.05, 0.1) is 4.87 Å². The fourth-order valence-electron chi connectivity index (χ4n) is 4.56. The van der Waals surface area contributed by atoms with Gasteiger partial charge in [-0.15, -0.1) is 11.6 Å². The van der Waals surface area contributed by atoms with Gasteiger partial charge in [0, 0.05) is 17.1 Å². The summed E-state index contributed by atoms with van der Waals surface area (Å²) >= 11 is 7.12. The maximum absolute atomic E-state index is 14.5. The van der Waals surface area contributed by atoms with Crippen LogP contribution in [0.5, 0.6) is 0 Å². The zero-order valence-corrected chi connectivity index (χ0v) is 17.9. The average molecular weight is 417 g/mol. The van der Waals surface area contributed by atoms with Crippen LogP contribution < -0.4 is 0 Å². The maximum atomic E-state index is 14.5. The van der Waals surface area contributed by atoms with Crippen molar-refractivity contribution in [3.63, 3.8) is 0 Å². The molecule has 3 nitrogen and oxygen atoms in total. The van der Waals surface area contributed by atoms with E-state index in [-0.39, 0.29) is 28.9 Å². The molecule has 1 fully saturated rings. The summed E-state index contributed by atoms with van der Waals surface area (Å²) in [5.74, 6) is -1.11. The van der Waals surface area contributed by atoms with Gasteiger partial charge >= 0.3 is 0 Å². The molecule has 1 N–H and O–H groups in total. The van der Waals surface area contributed by atoms with E-state index < -0.39 is 22.0 Å². The number of aliphatic hydroxyl groups excluding tert-OH is 1. The van der Waals surface area contributed by atoms with Crippen molar-refractivity contribution in [2.75, 3.05) is 0 Å². The molecule has 1 aromatic carbocycles. The average Bonchev–Trinajstić information content (AvgIpc) is 3.48. The fraction of sp³-hybridized carbons (Fsp3) is 0.458. The van der Waals surface area contributed by atoms with Crippen LogP contribution in [0.25, 0.3) is 5.57 Å². The molecule has 1 aliphatic heterocycles. The Balaban J connectivity index is 1.91. The van der Waals surface area contributed by atoms with Gasteiger partial charge in [-0.1, -0.05) is 36.4 Å². The quantitative estimate of drug-likeness (QED) is 0.638. The Morgan fingerprint density at radius 3 is 2.41 bits per heavy atom. The van der Waals surface area contributed by atoms with Gasteiger partial charge in [0.25, 0.3) is 0 Å². The first-order valence-corrected chi connectivity index (χ1v) is 10.4. The van der Waals surface area contributed by atoms with Gasteiger partial charge in [-0.2, -0.15) is 0 Å². The topological polar surface area (TPSA) is 46.5 Å². The van der Waals surface area contributed by atoms with Gasteiger partial charge < -0.3 is 9.84 Å². The highest BCUT2D eigenvalue weighted by atomic mass is 35.5. The van der Waals surface area contributed by atoms with E-state index >= 15 is 0 Å². The highest BCUT2D eigenvalue weighted by molar-refractivity contribution is 6.27. The zero-order valence-electron chi connectivity index (χ0n) is 17.1. The van der Waals surface area contributed by atoms with E-state index in [9.17, 15) is 14.3 Å². The Bertz CT molecular complexity index is 968. The second-order valence-electron chi connectivity index (χ2n) is 9.23. The minimum absolute atomic E-state index is 0.100. The molecule has 1 saturated carbocycles. The number of benzene rings is 1. The van der Waals surface area contributed by atoms with Crippen molar-refractivity contribution < 1.29 is 19.0 Å². The molecule has 0 aromatic heterocycles. The molecule has 2 aliphatic carbocycles. The molecule has 1 aromatic rings. The summed E-state index contributed by atoms with van der Waals surface area (Å²) in [6.07, 6.45) is 7.46. The Labute approximate surface area is 175 Å². The number of ether oxygens (including phenoxy) is 1. The number of allylic oxidation sites excluding steroid dienone is 4. The number of halogens is 2. The van der Waals surface area contributed by atoms with Crippen LogP contribution in [0.2, 0.25) is 0 Å². The van der Waals surface area contributed by atoms with Crippen molar-refractivity contribution in [1.29, 1.82) is 0 Å². The van der Waals surface area contributed by atoms with Gasteiger partial charge in [0.1, 0.15) is 22.8 Å². The molecule has 2 unspecified atom stereocenters. The lowest BCUT2D eigenvalue weighted by atomic mass is 9.70. The van der Waals surface area contributed by atoms with E-state index in [0.29, 0.717) is 11.1 Å². The number of rotatable bonds is 3. The number of Topliss-reactive ketones (excluding diaryl/α,β-unsaturated/α-hetero) is 1. The predicted octanol–water partition coefficient (Wildman–Crippen LogP) is 5.75. The van der Waals surface area contributed by atoms with Crippen molar-refractivity contribution in [2.24, 2.45) is 11.8 Å². The van der Waals surface area contributed by atoms with Crippen molar-refractivity contribution >= 4 is 23.0 Å². The van der Waals surface area contributed by atoms with Crippen molar-refractivity contribution in [3.8, 4) is 0 Å². The summed E-state index contributed by atoms with van der Waals surface area (Å²) < 4.78 is 20.3. The predicted molar refractivity (Wildman–Crippen MR) is 112 cm³/mol. The maximum Gasteiger partial charge on any atom is 0.194 e. The smallest absolute Gasteiger partial charge is 0.194 e. The van der Waals surface area contributed by atoms with E-state index in [2.05, 4.69) is 0 Å². The van der Waals surface area contributed by atoms with Crippen LogP contribution in [-0.2, 0) is 9.53 Å². The normalized spacial score (nSPS) is 31.0.